The van der Waals surface area contributed by atoms with E-state index in [2.05, 4.69) is 26.8 Å². The van der Waals surface area contributed by atoms with E-state index in [4.69, 9.17) is 0 Å². The van der Waals surface area contributed by atoms with Crippen molar-refractivity contribution >= 4 is 0 Å². The van der Waals surface area contributed by atoms with E-state index >= 15 is 0 Å². The molecule has 12 heavy (non-hydrogen) atoms. The highest BCUT2D eigenvalue weighted by atomic mass is 16.5. The summed E-state index contributed by atoms with van der Waals surface area (Å²) in [5.74, 6) is 0. The molecule has 2 heteroatoms. The highest BCUT2D eigenvalue weighted by Crippen LogP contribution is 2.39. The van der Waals surface area contributed by atoms with Crippen molar-refractivity contribution in [3.05, 3.63) is 17.0 Å². The Bertz CT molecular complexity index is 210. The molecule has 0 aromatic carbocycles. The molecule has 0 saturated heterocycles. The maximum absolute atomic E-state index is 11.7. The molecule has 0 bridgehead atoms. The SMILES string of the molecule is CC(C)(C)C1=CCC(C)(C)N1[O-]. The van der Waals surface area contributed by atoms with Gasteiger partial charge < -0.3 is 10.3 Å². The maximum atomic E-state index is 11.7. The third-order valence-corrected chi connectivity index (χ3v) is 2.33. The van der Waals surface area contributed by atoms with E-state index in [0.717, 1.165) is 17.2 Å². The van der Waals surface area contributed by atoms with Gasteiger partial charge in [0.2, 0.25) is 0 Å². The average Bonchev–Trinajstić information content (AvgIpc) is 2.06. The highest BCUT2D eigenvalue weighted by molar-refractivity contribution is 5.20. The molecule has 0 fully saturated rings. The van der Waals surface area contributed by atoms with Gasteiger partial charge in [0, 0.05) is 16.7 Å². The van der Waals surface area contributed by atoms with Crippen molar-refractivity contribution in [2.75, 3.05) is 0 Å². The topological polar surface area (TPSA) is 26.3 Å². The number of hydrogen-bond donors (Lipinski definition) is 0. The lowest BCUT2D eigenvalue weighted by atomic mass is 9.92. The monoisotopic (exact) mass is 168 g/mol. The minimum Gasteiger partial charge on any atom is -0.758 e. The van der Waals surface area contributed by atoms with E-state index in [1.54, 1.807) is 0 Å². The van der Waals surface area contributed by atoms with Gasteiger partial charge in [-0.05, 0) is 20.3 Å². The third kappa shape index (κ3) is 1.48. The van der Waals surface area contributed by atoms with Crippen molar-refractivity contribution in [1.82, 2.24) is 5.06 Å². The van der Waals surface area contributed by atoms with Crippen LogP contribution < -0.4 is 0 Å². The van der Waals surface area contributed by atoms with E-state index in [0.29, 0.717) is 0 Å². The zero-order valence-electron chi connectivity index (χ0n) is 8.64. The summed E-state index contributed by atoms with van der Waals surface area (Å²) in [7, 11) is 0. The molecular formula is C10H18NO-. The summed E-state index contributed by atoms with van der Waals surface area (Å²) in [5.41, 5.74) is 0.672. The van der Waals surface area contributed by atoms with E-state index in [9.17, 15) is 5.21 Å². The van der Waals surface area contributed by atoms with E-state index in [1.165, 1.54) is 0 Å². The number of hydrogen-bond acceptors (Lipinski definition) is 2. The zero-order valence-corrected chi connectivity index (χ0v) is 8.64. The molecule has 2 nitrogen and oxygen atoms in total. The Labute approximate surface area is 74.8 Å². The van der Waals surface area contributed by atoms with Crippen molar-refractivity contribution < 1.29 is 0 Å². The first-order valence-electron chi connectivity index (χ1n) is 4.43. The Balaban J connectivity index is 2.86. The maximum Gasteiger partial charge on any atom is 0.0265 e. The second-order valence-electron chi connectivity index (χ2n) is 5.15. The van der Waals surface area contributed by atoms with Gasteiger partial charge in [-0.3, -0.25) is 0 Å². The van der Waals surface area contributed by atoms with Crippen molar-refractivity contribution in [1.29, 1.82) is 0 Å². The van der Waals surface area contributed by atoms with Crippen LogP contribution in [0.5, 0.6) is 0 Å². The minimum atomic E-state index is -0.234. The Morgan fingerprint density at radius 2 is 1.92 bits per heavy atom. The molecule has 0 aromatic rings. The van der Waals surface area contributed by atoms with Crippen LogP contribution in [0.2, 0.25) is 0 Å². The minimum absolute atomic E-state index is 0.0183. The molecule has 0 atom stereocenters. The summed E-state index contributed by atoms with van der Waals surface area (Å²) in [4.78, 5) is 0. The first-order valence-corrected chi connectivity index (χ1v) is 4.43. The third-order valence-electron chi connectivity index (χ3n) is 2.33. The van der Waals surface area contributed by atoms with Gasteiger partial charge in [-0.15, -0.1) is 0 Å². The van der Waals surface area contributed by atoms with Crippen molar-refractivity contribution in [2.45, 2.75) is 46.6 Å². The van der Waals surface area contributed by atoms with Gasteiger partial charge in [0.25, 0.3) is 0 Å². The summed E-state index contributed by atoms with van der Waals surface area (Å²) < 4.78 is 0. The first-order chi connectivity index (χ1) is 5.25. The first kappa shape index (κ1) is 9.59. The Morgan fingerprint density at radius 3 is 2.08 bits per heavy atom. The van der Waals surface area contributed by atoms with Crippen molar-refractivity contribution in [2.24, 2.45) is 5.41 Å². The van der Waals surface area contributed by atoms with Crippen LogP contribution in [0.15, 0.2) is 11.8 Å². The van der Waals surface area contributed by atoms with E-state index in [-0.39, 0.29) is 11.0 Å². The second-order valence-corrected chi connectivity index (χ2v) is 5.15. The molecule has 0 amide bonds. The van der Waals surface area contributed by atoms with Crippen LogP contribution in [0, 0.1) is 10.6 Å². The standard InChI is InChI=1S/C10H18NO/c1-9(2,3)8-6-7-10(4,5)11(8)12/h6H,7H2,1-5H3/q-1. The lowest BCUT2D eigenvalue weighted by Gasteiger charge is -2.46. The van der Waals surface area contributed by atoms with Crippen LogP contribution in [0.3, 0.4) is 0 Å². The lowest BCUT2D eigenvalue weighted by molar-refractivity contribution is 0.224. The van der Waals surface area contributed by atoms with Gasteiger partial charge in [0.15, 0.2) is 0 Å². The summed E-state index contributed by atoms with van der Waals surface area (Å²) in [6, 6.07) is 0. The predicted octanol–water partition coefficient (Wildman–Crippen LogP) is 2.90. The average molecular weight is 168 g/mol. The van der Waals surface area contributed by atoms with Crippen molar-refractivity contribution in [3.63, 3.8) is 0 Å². The smallest absolute Gasteiger partial charge is 0.0265 e. The molecule has 1 heterocycles. The van der Waals surface area contributed by atoms with E-state index < -0.39 is 0 Å². The van der Waals surface area contributed by atoms with Crippen LogP contribution in [0.25, 0.3) is 0 Å². The molecule has 1 rings (SSSR count). The molecule has 0 saturated carbocycles. The fourth-order valence-corrected chi connectivity index (χ4v) is 1.45. The molecule has 1 aliphatic rings. The molecular weight excluding hydrogens is 150 g/mol. The molecule has 0 aliphatic carbocycles. The summed E-state index contributed by atoms with van der Waals surface area (Å²) in [6.07, 6.45) is 2.93. The zero-order chi connectivity index (χ0) is 9.57. The Hall–Kier alpha value is -0.500. The number of allylic oxidation sites excluding steroid dienone is 1. The van der Waals surface area contributed by atoms with Crippen molar-refractivity contribution in [3.8, 4) is 0 Å². The number of nitrogens with zero attached hydrogens (tertiary/aromatic N) is 1. The van der Waals surface area contributed by atoms with Crippen LogP contribution >= 0.6 is 0 Å². The highest BCUT2D eigenvalue weighted by Gasteiger charge is 2.31. The molecule has 70 valence electrons. The Kier molecular flexibility index (Phi) is 1.99. The van der Waals surface area contributed by atoms with Gasteiger partial charge in [0.1, 0.15) is 0 Å². The van der Waals surface area contributed by atoms with Crippen LogP contribution in [0.4, 0.5) is 0 Å². The summed E-state index contributed by atoms with van der Waals surface area (Å²) in [5, 5.41) is 12.9. The normalized spacial score (nSPS) is 22.8. The molecule has 0 spiro atoms. The molecule has 0 radical (unpaired) electrons. The van der Waals surface area contributed by atoms with E-state index in [1.807, 2.05) is 13.8 Å². The quantitative estimate of drug-likeness (QED) is 0.556. The molecule has 1 aliphatic heterocycles. The van der Waals surface area contributed by atoms with Gasteiger partial charge in [-0.2, -0.15) is 0 Å². The fraction of sp³-hybridized carbons (Fsp3) is 0.800. The second kappa shape index (κ2) is 2.49. The molecule has 0 N–H and O–H groups in total. The summed E-state index contributed by atoms with van der Waals surface area (Å²) in [6.45, 7) is 10.2. The van der Waals surface area contributed by atoms with Gasteiger partial charge >= 0.3 is 0 Å². The largest absolute Gasteiger partial charge is 0.758 e. The molecule has 0 aromatic heterocycles. The van der Waals surface area contributed by atoms with Gasteiger partial charge in [-0.25, -0.2) is 0 Å². The predicted molar refractivity (Wildman–Crippen MR) is 51.4 cm³/mol. The Morgan fingerprint density at radius 1 is 1.42 bits per heavy atom. The molecule has 0 unspecified atom stereocenters. The van der Waals surface area contributed by atoms with Crippen LogP contribution in [-0.4, -0.2) is 10.6 Å². The lowest BCUT2D eigenvalue weighted by Crippen LogP contribution is -2.37. The van der Waals surface area contributed by atoms with Gasteiger partial charge in [-0.1, -0.05) is 26.8 Å². The van der Waals surface area contributed by atoms with Crippen LogP contribution in [0.1, 0.15) is 41.0 Å². The fourth-order valence-electron chi connectivity index (χ4n) is 1.45. The number of hydroxylamine groups is 2. The summed E-state index contributed by atoms with van der Waals surface area (Å²) >= 11 is 0. The van der Waals surface area contributed by atoms with Crippen LogP contribution in [-0.2, 0) is 0 Å². The number of rotatable bonds is 0. The van der Waals surface area contributed by atoms with Gasteiger partial charge in [0.05, 0.1) is 0 Å².